The van der Waals surface area contributed by atoms with Crippen molar-refractivity contribution in [1.82, 2.24) is 15.1 Å². The molecule has 4 nitrogen and oxygen atoms in total. The largest absolute Gasteiger partial charge is 0.352 e. The molecule has 0 saturated carbocycles. The van der Waals surface area contributed by atoms with Gasteiger partial charge in [0, 0.05) is 30.2 Å². The number of hydrogen-bond acceptors (Lipinski definition) is 3. The van der Waals surface area contributed by atoms with Crippen molar-refractivity contribution in [3.8, 4) is 0 Å². The summed E-state index contributed by atoms with van der Waals surface area (Å²) >= 11 is 5.82. The Hall–Kier alpha value is -1.17. The number of carbonyl (C=O) groups is 1. The Morgan fingerprint density at radius 3 is 2.35 bits per heavy atom. The predicted octanol–water partition coefficient (Wildman–Crippen LogP) is 3.41. The number of piperidine rings is 2. The van der Waals surface area contributed by atoms with Crippen molar-refractivity contribution in [2.75, 3.05) is 45.8 Å². The molecule has 2 saturated heterocycles. The van der Waals surface area contributed by atoms with Gasteiger partial charge in [0.25, 0.3) is 5.91 Å². The minimum absolute atomic E-state index is 0.247. The van der Waals surface area contributed by atoms with Gasteiger partial charge < -0.3 is 15.1 Å². The number of benzene rings is 1. The lowest BCUT2D eigenvalue weighted by Gasteiger charge is -2.34. The second kappa shape index (κ2) is 9.67. The second-order valence-corrected chi connectivity index (χ2v) is 7.99. The van der Waals surface area contributed by atoms with Gasteiger partial charge in [-0.05, 0) is 76.0 Å². The van der Waals surface area contributed by atoms with E-state index in [1.54, 1.807) is 0 Å². The SMILES string of the molecule is O=C(NCC1CCN(CCN2CCCCC2)CC1)c1cc(F)cc(Cl)c1. The van der Waals surface area contributed by atoms with E-state index in [2.05, 4.69) is 15.1 Å². The predicted molar refractivity (Wildman–Crippen MR) is 103 cm³/mol. The quantitative estimate of drug-likeness (QED) is 0.820. The topological polar surface area (TPSA) is 35.6 Å². The fourth-order valence-corrected chi connectivity index (χ4v) is 4.13. The van der Waals surface area contributed by atoms with E-state index in [0.717, 1.165) is 32.5 Å². The fraction of sp³-hybridized carbons (Fsp3) is 0.650. The van der Waals surface area contributed by atoms with Crippen LogP contribution >= 0.6 is 11.6 Å². The molecule has 2 aliphatic rings. The third kappa shape index (κ3) is 5.93. The lowest BCUT2D eigenvalue weighted by Crippen LogP contribution is -2.43. The minimum atomic E-state index is -0.482. The molecule has 1 aromatic carbocycles. The van der Waals surface area contributed by atoms with Crippen LogP contribution in [0.15, 0.2) is 18.2 Å². The highest BCUT2D eigenvalue weighted by Gasteiger charge is 2.21. The molecule has 0 atom stereocenters. The third-order valence-corrected chi connectivity index (χ3v) is 5.78. The van der Waals surface area contributed by atoms with E-state index in [-0.39, 0.29) is 16.5 Å². The molecule has 1 amide bonds. The van der Waals surface area contributed by atoms with E-state index in [9.17, 15) is 9.18 Å². The standard InChI is InChI=1S/C20H29ClFN3O/c21-18-12-17(13-19(22)14-18)20(26)23-15-16-4-8-25(9-5-16)11-10-24-6-2-1-3-7-24/h12-14,16H,1-11,15H2,(H,23,26). The summed E-state index contributed by atoms with van der Waals surface area (Å²) in [6.07, 6.45) is 6.28. The van der Waals surface area contributed by atoms with E-state index in [1.807, 2.05) is 0 Å². The molecule has 1 N–H and O–H groups in total. The Morgan fingerprint density at radius 2 is 1.69 bits per heavy atom. The normalized spacial score (nSPS) is 20.2. The summed E-state index contributed by atoms with van der Waals surface area (Å²) in [5.74, 6) is -0.238. The van der Waals surface area contributed by atoms with Gasteiger partial charge in [0.15, 0.2) is 0 Å². The first kappa shape index (κ1) is 19.6. The van der Waals surface area contributed by atoms with Crippen LogP contribution in [-0.4, -0.2) is 61.5 Å². The maximum Gasteiger partial charge on any atom is 0.251 e. The van der Waals surface area contributed by atoms with Gasteiger partial charge in [-0.3, -0.25) is 4.79 Å². The van der Waals surface area contributed by atoms with Crippen molar-refractivity contribution in [1.29, 1.82) is 0 Å². The summed E-state index contributed by atoms with van der Waals surface area (Å²) in [4.78, 5) is 17.3. The fourth-order valence-electron chi connectivity index (χ4n) is 3.90. The van der Waals surface area contributed by atoms with Crippen molar-refractivity contribution in [3.63, 3.8) is 0 Å². The van der Waals surface area contributed by atoms with E-state index in [1.165, 1.54) is 57.1 Å². The molecule has 6 heteroatoms. The number of hydrogen-bond donors (Lipinski definition) is 1. The van der Waals surface area contributed by atoms with Crippen LogP contribution in [0, 0.1) is 11.7 Å². The van der Waals surface area contributed by atoms with Crippen LogP contribution in [-0.2, 0) is 0 Å². The van der Waals surface area contributed by atoms with Gasteiger partial charge in [-0.25, -0.2) is 4.39 Å². The molecule has 0 spiro atoms. The Balaban J connectivity index is 1.35. The second-order valence-electron chi connectivity index (χ2n) is 7.56. The maximum atomic E-state index is 13.4. The van der Waals surface area contributed by atoms with Crippen LogP contribution in [0.2, 0.25) is 5.02 Å². The van der Waals surface area contributed by atoms with Gasteiger partial charge in [-0.1, -0.05) is 18.0 Å². The van der Waals surface area contributed by atoms with Crippen LogP contribution in [0.4, 0.5) is 4.39 Å². The molecule has 26 heavy (non-hydrogen) atoms. The van der Waals surface area contributed by atoms with E-state index < -0.39 is 5.82 Å². The number of amides is 1. The van der Waals surface area contributed by atoms with Gasteiger partial charge in [0.05, 0.1) is 0 Å². The monoisotopic (exact) mass is 381 g/mol. The smallest absolute Gasteiger partial charge is 0.251 e. The van der Waals surface area contributed by atoms with Crippen molar-refractivity contribution in [2.24, 2.45) is 5.92 Å². The van der Waals surface area contributed by atoms with Crippen LogP contribution in [0.5, 0.6) is 0 Å². The van der Waals surface area contributed by atoms with Crippen molar-refractivity contribution in [2.45, 2.75) is 32.1 Å². The van der Waals surface area contributed by atoms with Gasteiger partial charge >= 0.3 is 0 Å². The van der Waals surface area contributed by atoms with E-state index in [0.29, 0.717) is 12.5 Å². The Labute approximate surface area is 160 Å². The highest BCUT2D eigenvalue weighted by Crippen LogP contribution is 2.18. The Morgan fingerprint density at radius 1 is 1.04 bits per heavy atom. The number of halogens is 2. The van der Waals surface area contributed by atoms with E-state index >= 15 is 0 Å². The average Bonchev–Trinajstić information content (AvgIpc) is 2.65. The molecule has 2 aliphatic heterocycles. The van der Waals surface area contributed by atoms with E-state index in [4.69, 9.17) is 11.6 Å². The summed E-state index contributed by atoms with van der Waals surface area (Å²) in [6, 6.07) is 3.94. The molecule has 0 radical (unpaired) electrons. The highest BCUT2D eigenvalue weighted by atomic mass is 35.5. The summed E-state index contributed by atoms with van der Waals surface area (Å²) in [5.41, 5.74) is 0.286. The van der Waals surface area contributed by atoms with Crippen molar-refractivity contribution < 1.29 is 9.18 Å². The van der Waals surface area contributed by atoms with Crippen LogP contribution in [0.1, 0.15) is 42.5 Å². The zero-order chi connectivity index (χ0) is 18.4. The number of nitrogens with one attached hydrogen (secondary N) is 1. The van der Waals surface area contributed by atoms with Crippen molar-refractivity contribution in [3.05, 3.63) is 34.6 Å². The molecular formula is C20H29ClFN3O. The van der Waals surface area contributed by atoms with Gasteiger partial charge in [0.2, 0.25) is 0 Å². The molecule has 3 rings (SSSR count). The number of nitrogens with zero attached hydrogens (tertiary/aromatic N) is 2. The number of carbonyl (C=O) groups excluding carboxylic acids is 1. The first-order valence-electron chi connectivity index (χ1n) is 9.79. The summed E-state index contributed by atoms with van der Waals surface area (Å²) in [5, 5.41) is 3.18. The summed E-state index contributed by atoms with van der Waals surface area (Å²) in [6.45, 7) is 7.69. The molecule has 0 aliphatic carbocycles. The zero-order valence-electron chi connectivity index (χ0n) is 15.4. The summed E-state index contributed by atoms with van der Waals surface area (Å²) < 4.78 is 13.4. The molecule has 0 aromatic heterocycles. The van der Waals surface area contributed by atoms with Crippen LogP contribution in [0.3, 0.4) is 0 Å². The first-order valence-corrected chi connectivity index (χ1v) is 10.2. The van der Waals surface area contributed by atoms with Gasteiger partial charge in [-0.2, -0.15) is 0 Å². The minimum Gasteiger partial charge on any atom is -0.352 e. The van der Waals surface area contributed by atoms with Crippen molar-refractivity contribution >= 4 is 17.5 Å². The highest BCUT2D eigenvalue weighted by molar-refractivity contribution is 6.31. The Kier molecular flexibility index (Phi) is 7.29. The Bertz CT molecular complexity index is 578. The summed E-state index contributed by atoms with van der Waals surface area (Å²) in [7, 11) is 0. The van der Waals surface area contributed by atoms with Crippen LogP contribution < -0.4 is 5.32 Å². The first-order chi connectivity index (χ1) is 12.6. The lowest BCUT2D eigenvalue weighted by atomic mass is 9.96. The van der Waals surface area contributed by atoms with Gasteiger partial charge in [0.1, 0.15) is 5.82 Å². The van der Waals surface area contributed by atoms with Crippen LogP contribution in [0.25, 0.3) is 0 Å². The molecule has 1 aromatic rings. The number of rotatable bonds is 6. The maximum absolute atomic E-state index is 13.4. The number of likely N-dealkylation sites (tertiary alicyclic amines) is 2. The molecule has 2 heterocycles. The molecular weight excluding hydrogens is 353 g/mol. The van der Waals surface area contributed by atoms with Gasteiger partial charge in [-0.15, -0.1) is 0 Å². The molecule has 2 fully saturated rings. The molecule has 0 bridgehead atoms. The average molecular weight is 382 g/mol. The third-order valence-electron chi connectivity index (χ3n) is 5.56. The molecule has 144 valence electrons. The zero-order valence-corrected chi connectivity index (χ0v) is 16.1. The molecule has 0 unspecified atom stereocenters. The lowest BCUT2D eigenvalue weighted by molar-refractivity contribution is 0.0932.